The van der Waals surface area contributed by atoms with E-state index in [1.165, 1.54) is 6.42 Å². The summed E-state index contributed by atoms with van der Waals surface area (Å²) in [6.07, 6.45) is 3.39. The van der Waals surface area contributed by atoms with E-state index in [2.05, 4.69) is 20.7 Å². The Balaban J connectivity index is 2.10. The first-order chi connectivity index (χ1) is 10.0. The summed E-state index contributed by atoms with van der Waals surface area (Å²) in [5.74, 6) is 7.39. The van der Waals surface area contributed by atoms with Crippen molar-refractivity contribution in [3.8, 4) is 0 Å². The first-order valence-corrected chi connectivity index (χ1v) is 7.40. The molecule has 1 aliphatic rings. The molecule has 116 valence electrons. The highest BCUT2D eigenvalue weighted by Crippen LogP contribution is 2.20. The van der Waals surface area contributed by atoms with Crippen molar-refractivity contribution in [1.29, 1.82) is 0 Å². The summed E-state index contributed by atoms with van der Waals surface area (Å²) >= 11 is 0. The van der Waals surface area contributed by atoms with Crippen molar-refractivity contribution in [2.75, 3.05) is 23.8 Å². The second-order valence-electron chi connectivity index (χ2n) is 5.49. The van der Waals surface area contributed by atoms with E-state index in [0.29, 0.717) is 17.5 Å². The van der Waals surface area contributed by atoms with Crippen molar-refractivity contribution in [3.05, 3.63) is 11.4 Å². The Morgan fingerprint density at radius 1 is 1.19 bits per heavy atom. The summed E-state index contributed by atoms with van der Waals surface area (Å²) in [5, 5.41) is 3.18. The molecule has 1 saturated heterocycles. The minimum atomic E-state index is -0.318. The zero-order valence-electron chi connectivity index (χ0n) is 12.9. The summed E-state index contributed by atoms with van der Waals surface area (Å²) in [7, 11) is 0. The van der Waals surface area contributed by atoms with Crippen LogP contribution in [0, 0.1) is 13.8 Å². The third kappa shape index (κ3) is 3.60. The number of hydrogen-bond acceptors (Lipinski definition) is 6. The standard InChI is InChI=1S/C14H24N6O/c1-9-12(17-11(3)18-13(9)19-15)16-10(2)14(21)20-7-5-4-6-8-20/h10H,4-8,15H2,1-3H3,(H2,16,17,18,19). The summed E-state index contributed by atoms with van der Waals surface area (Å²) in [5.41, 5.74) is 3.36. The van der Waals surface area contributed by atoms with Gasteiger partial charge in [0.25, 0.3) is 0 Å². The molecule has 0 aliphatic carbocycles. The molecule has 2 heterocycles. The van der Waals surface area contributed by atoms with Crippen molar-refractivity contribution in [3.63, 3.8) is 0 Å². The number of aryl methyl sites for hydroxylation is 1. The van der Waals surface area contributed by atoms with Crippen LogP contribution >= 0.6 is 0 Å². The van der Waals surface area contributed by atoms with Crippen molar-refractivity contribution < 1.29 is 4.79 Å². The van der Waals surface area contributed by atoms with Gasteiger partial charge in [-0.2, -0.15) is 0 Å². The highest BCUT2D eigenvalue weighted by molar-refractivity contribution is 5.84. The van der Waals surface area contributed by atoms with Gasteiger partial charge in [-0.25, -0.2) is 15.8 Å². The quantitative estimate of drug-likeness (QED) is 0.570. The van der Waals surface area contributed by atoms with Gasteiger partial charge in [0.1, 0.15) is 23.5 Å². The molecule has 4 N–H and O–H groups in total. The number of carbonyl (C=O) groups excluding carboxylic acids is 1. The lowest BCUT2D eigenvalue weighted by molar-refractivity contribution is -0.132. The minimum Gasteiger partial charge on any atom is -0.358 e. The lowest BCUT2D eigenvalue weighted by Gasteiger charge is -2.29. The molecular weight excluding hydrogens is 268 g/mol. The fourth-order valence-corrected chi connectivity index (χ4v) is 2.56. The van der Waals surface area contributed by atoms with Crippen LogP contribution < -0.4 is 16.6 Å². The predicted molar refractivity (Wildman–Crippen MR) is 82.8 cm³/mol. The number of rotatable bonds is 4. The van der Waals surface area contributed by atoms with Gasteiger partial charge in [0.05, 0.1) is 0 Å². The molecule has 1 amide bonds. The van der Waals surface area contributed by atoms with Crippen LogP contribution in [0.2, 0.25) is 0 Å². The summed E-state index contributed by atoms with van der Waals surface area (Å²) in [6.45, 7) is 7.23. The number of nitrogens with two attached hydrogens (primary N) is 1. The predicted octanol–water partition coefficient (Wildman–Crippen LogP) is 1.19. The molecule has 7 heteroatoms. The Morgan fingerprint density at radius 3 is 2.43 bits per heavy atom. The van der Waals surface area contributed by atoms with Gasteiger partial charge in [-0.15, -0.1) is 0 Å². The van der Waals surface area contributed by atoms with E-state index >= 15 is 0 Å². The van der Waals surface area contributed by atoms with Gasteiger partial charge in [-0.3, -0.25) is 4.79 Å². The largest absolute Gasteiger partial charge is 0.358 e. The monoisotopic (exact) mass is 292 g/mol. The molecule has 0 aromatic carbocycles. The number of amides is 1. The maximum atomic E-state index is 12.4. The Labute approximate surface area is 125 Å². The molecule has 0 radical (unpaired) electrons. The molecule has 2 rings (SSSR count). The summed E-state index contributed by atoms with van der Waals surface area (Å²) < 4.78 is 0. The molecule has 1 unspecified atom stereocenters. The smallest absolute Gasteiger partial charge is 0.244 e. The van der Waals surface area contributed by atoms with Crippen LogP contribution in [0.25, 0.3) is 0 Å². The normalized spacial score (nSPS) is 16.5. The van der Waals surface area contributed by atoms with E-state index in [1.807, 2.05) is 18.7 Å². The van der Waals surface area contributed by atoms with Gasteiger partial charge in [-0.05, 0) is 40.0 Å². The molecule has 1 aromatic rings. The van der Waals surface area contributed by atoms with Crippen LogP contribution in [0.15, 0.2) is 0 Å². The molecule has 1 fully saturated rings. The number of piperidine rings is 1. The number of nitrogens with one attached hydrogen (secondary N) is 2. The first-order valence-electron chi connectivity index (χ1n) is 7.40. The second kappa shape index (κ2) is 6.71. The highest BCUT2D eigenvalue weighted by Gasteiger charge is 2.23. The van der Waals surface area contributed by atoms with Crippen LogP contribution in [-0.4, -0.2) is 39.9 Å². The first kappa shape index (κ1) is 15.5. The van der Waals surface area contributed by atoms with Gasteiger partial charge in [0.2, 0.25) is 5.91 Å². The van der Waals surface area contributed by atoms with Crippen LogP contribution in [0.5, 0.6) is 0 Å². The molecule has 21 heavy (non-hydrogen) atoms. The van der Waals surface area contributed by atoms with E-state index in [9.17, 15) is 4.79 Å². The van der Waals surface area contributed by atoms with Crippen molar-refractivity contribution in [2.24, 2.45) is 5.84 Å². The molecule has 0 saturated carbocycles. The number of aromatic nitrogens is 2. The molecule has 0 bridgehead atoms. The maximum Gasteiger partial charge on any atom is 0.244 e. The zero-order chi connectivity index (χ0) is 15.4. The lowest BCUT2D eigenvalue weighted by Crippen LogP contribution is -2.44. The van der Waals surface area contributed by atoms with E-state index in [4.69, 9.17) is 5.84 Å². The number of nitrogens with zero attached hydrogens (tertiary/aromatic N) is 3. The number of hydrazine groups is 1. The fraction of sp³-hybridized carbons (Fsp3) is 0.643. The average Bonchev–Trinajstić information content (AvgIpc) is 2.50. The Kier molecular flexibility index (Phi) is 4.95. The highest BCUT2D eigenvalue weighted by atomic mass is 16.2. The average molecular weight is 292 g/mol. The minimum absolute atomic E-state index is 0.118. The van der Waals surface area contributed by atoms with Crippen LogP contribution in [0.3, 0.4) is 0 Å². The van der Waals surface area contributed by atoms with Gasteiger partial charge < -0.3 is 15.6 Å². The topological polar surface area (TPSA) is 96.2 Å². The van der Waals surface area contributed by atoms with E-state index in [1.54, 1.807) is 6.92 Å². The van der Waals surface area contributed by atoms with Crippen LogP contribution in [0.4, 0.5) is 11.6 Å². The second-order valence-corrected chi connectivity index (χ2v) is 5.49. The molecule has 1 aromatic heterocycles. The molecule has 0 spiro atoms. The number of likely N-dealkylation sites (tertiary alicyclic amines) is 1. The van der Waals surface area contributed by atoms with E-state index < -0.39 is 0 Å². The van der Waals surface area contributed by atoms with Gasteiger partial charge >= 0.3 is 0 Å². The van der Waals surface area contributed by atoms with Gasteiger partial charge in [-0.1, -0.05) is 0 Å². The van der Waals surface area contributed by atoms with Gasteiger partial charge in [0, 0.05) is 18.7 Å². The Hall–Kier alpha value is -1.89. The molecule has 1 aliphatic heterocycles. The molecular formula is C14H24N6O. The fourth-order valence-electron chi connectivity index (χ4n) is 2.56. The van der Waals surface area contributed by atoms with Crippen molar-refractivity contribution in [2.45, 2.75) is 46.1 Å². The van der Waals surface area contributed by atoms with Crippen molar-refractivity contribution in [1.82, 2.24) is 14.9 Å². The van der Waals surface area contributed by atoms with E-state index in [0.717, 1.165) is 31.5 Å². The number of carbonyl (C=O) groups is 1. The SMILES string of the molecule is Cc1nc(NN)c(C)c(NC(C)C(=O)N2CCCCC2)n1. The number of nitrogen functional groups attached to an aromatic ring is 1. The van der Waals surface area contributed by atoms with Gasteiger partial charge in [0.15, 0.2) is 0 Å². The number of hydrogen-bond donors (Lipinski definition) is 3. The maximum absolute atomic E-state index is 12.4. The summed E-state index contributed by atoms with van der Waals surface area (Å²) in [4.78, 5) is 22.9. The Morgan fingerprint density at radius 2 is 1.81 bits per heavy atom. The lowest BCUT2D eigenvalue weighted by atomic mass is 10.1. The van der Waals surface area contributed by atoms with Crippen molar-refractivity contribution >= 4 is 17.5 Å². The Bertz CT molecular complexity index is 512. The number of anilines is 2. The van der Waals surface area contributed by atoms with Crippen LogP contribution in [0.1, 0.15) is 37.6 Å². The van der Waals surface area contributed by atoms with E-state index in [-0.39, 0.29) is 11.9 Å². The third-order valence-corrected chi connectivity index (χ3v) is 3.79. The zero-order valence-corrected chi connectivity index (χ0v) is 12.9. The van der Waals surface area contributed by atoms with Crippen LogP contribution in [-0.2, 0) is 4.79 Å². The third-order valence-electron chi connectivity index (χ3n) is 3.79. The molecule has 1 atom stereocenters. The molecule has 7 nitrogen and oxygen atoms in total. The summed E-state index contributed by atoms with van der Waals surface area (Å²) in [6, 6.07) is -0.318.